The Morgan fingerprint density at radius 1 is 0.750 bits per heavy atom. The highest BCUT2D eigenvalue weighted by atomic mass is 19.1. The van der Waals surface area contributed by atoms with Crippen molar-refractivity contribution < 1.29 is 4.39 Å². The van der Waals surface area contributed by atoms with Crippen LogP contribution in [0.1, 0.15) is 11.3 Å². The number of hydrogen-bond acceptors (Lipinski definition) is 0. The van der Waals surface area contributed by atoms with Crippen molar-refractivity contribution in [3.8, 4) is 17.5 Å². The monoisotopic (exact) mass is 261 g/mol. The van der Waals surface area contributed by atoms with Crippen molar-refractivity contribution in [2.45, 2.75) is 0 Å². The molecule has 3 aromatic rings. The van der Waals surface area contributed by atoms with E-state index in [0.29, 0.717) is 5.69 Å². The van der Waals surface area contributed by atoms with Crippen LogP contribution in [0, 0.1) is 17.7 Å². The minimum absolute atomic E-state index is 0.308. The van der Waals surface area contributed by atoms with E-state index in [1.54, 1.807) is 10.8 Å². The summed E-state index contributed by atoms with van der Waals surface area (Å²) in [5.41, 5.74) is 2.14. The molecule has 0 radical (unpaired) electrons. The fourth-order valence-electron chi connectivity index (χ4n) is 1.99. The number of para-hydroxylation sites is 1. The molecule has 0 N–H and O–H groups in total. The second-order valence-corrected chi connectivity index (χ2v) is 4.33. The first-order valence-electron chi connectivity index (χ1n) is 6.34. The van der Waals surface area contributed by atoms with Crippen molar-refractivity contribution in [2.24, 2.45) is 0 Å². The number of halogens is 1. The number of rotatable bonds is 1. The van der Waals surface area contributed by atoms with Crippen LogP contribution in [0.15, 0.2) is 72.9 Å². The van der Waals surface area contributed by atoms with Gasteiger partial charge in [0.2, 0.25) is 0 Å². The van der Waals surface area contributed by atoms with Crippen molar-refractivity contribution >= 4 is 0 Å². The summed E-state index contributed by atoms with van der Waals surface area (Å²) in [5, 5.41) is 0. The lowest BCUT2D eigenvalue weighted by Crippen LogP contribution is -1.96. The number of benzene rings is 2. The molecule has 1 aromatic heterocycles. The smallest absolute Gasteiger partial charge is 0.157 e. The molecule has 0 spiro atoms. The fraction of sp³-hybridized carbons (Fsp3) is 0. The maximum atomic E-state index is 13.9. The molecule has 96 valence electrons. The maximum absolute atomic E-state index is 13.9. The molecule has 0 fully saturated rings. The Bertz CT molecular complexity index is 761. The van der Waals surface area contributed by atoms with Crippen LogP contribution in [-0.4, -0.2) is 4.57 Å². The topological polar surface area (TPSA) is 4.93 Å². The predicted octanol–water partition coefficient (Wildman–Crippen LogP) is 4.02. The van der Waals surface area contributed by atoms with Gasteiger partial charge in [0.25, 0.3) is 0 Å². The summed E-state index contributed by atoms with van der Waals surface area (Å²) in [6.07, 6.45) is 1.69. The Hall–Kier alpha value is -2.79. The Kier molecular flexibility index (Phi) is 3.34. The van der Waals surface area contributed by atoms with Crippen LogP contribution in [-0.2, 0) is 0 Å². The fourth-order valence-corrected chi connectivity index (χ4v) is 1.99. The average Bonchev–Trinajstić information content (AvgIpc) is 2.88. The summed E-state index contributed by atoms with van der Waals surface area (Å²) in [6, 6.07) is 20.6. The zero-order valence-corrected chi connectivity index (χ0v) is 10.8. The molecule has 0 aliphatic heterocycles. The van der Waals surface area contributed by atoms with Crippen molar-refractivity contribution in [3.63, 3.8) is 0 Å². The van der Waals surface area contributed by atoms with E-state index in [2.05, 4.69) is 11.8 Å². The van der Waals surface area contributed by atoms with E-state index in [-0.39, 0.29) is 5.82 Å². The van der Waals surface area contributed by atoms with Crippen LogP contribution in [0.25, 0.3) is 5.69 Å². The second kappa shape index (κ2) is 5.46. The van der Waals surface area contributed by atoms with Gasteiger partial charge < -0.3 is 4.57 Å². The molecule has 0 saturated heterocycles. The first kappa shape index (κ1) is 12.3. The van der Waals surface area contributed by atoms with E-state index in [1.165, 1.54) is 6.07 Å². The van der Waals surface area contributed by atoms with E-state index in [0.717, 1.165) is 11.3 Å². The largest absolute Gasteiger partial charge is 0.308 e. The molecule has 0 saturated carbocycles. The molecule has 3 rings (SSSR count). The SMILES string of the molecule is Fc1ccn(-c2ccccc2)c1C#Cc1ccccc1. The Balaban J connectivity index is 2.03. The Labute approximate surface area is 117 Å². The third-order valence-electron chi connectivity index (χ3n) is 2.97. The lowest BCUT2D eigenvalue weighted by Gasteiger charge is -2.04. The number of aromatic nitrogens is 1. The van der Waals surface area contributed by atoms with Gasteiger partial charge in [-0.2, -0.15) is 0 Å². The van der Waals surface area contributed by atoms with Gasteiger partial charge >= 0.3 is 0 Å². The minimum Gasteiger partial charge on any atom is -0.308 e. The molecule has 0 aliphatic carbocycles. The third-order valence-corrected chi connectivity index (χ3v) is 2.97. The van der Waals surface area contributed by atoms with E-state index >= 15 is 0 Å². The molecule has 20 heavy (non-hydrogen) atoms. The molecule has 0 atom stereocenters. The standard InChI is InChI=1S/C18H12FN/c19-17-13-14-20(16-9-5-2-6-10-16)18(17)12-11-15-7-3-1-4-8-15/h1-10,13-14H. The summed E-state index contributed by atoms with van der Waals surface area (Å²) in [7, 11) is 0. The second-order valence-electron chi connectivity index (χ2n) is 4.33. The molecule has 0 aliphatic rings. The highest BCUT2D eigenvalue weighted by Crippen LogP contribution is 2.15. The summed E-state index contributed by atoms with van der Waals surface area (Å²) in [5.74, 6) is 5.59. The highest BCUT2D eigenvalue weighted by Gasteiger charge is 2.07. The van der Waals surface area contributed by atoms with E-state index in [9.17, 15) is 4.39 Å². The summed E-state index contributed by atoms with van der Waals surface area (Å²) in [6.45, 7) is 0. The van der Waals surface area contributed by atoms with Crippen molar-refractivity contribution in [1.29, 1.82) is 0 Å². The van der Waals surface area contributed by atoms with Gasteiger partial charge in [-0.25, -0.2) is 4.39 Å². The van der Waals surface area contributed by atoms with Gasteiger partial charge in [0.05, 0.1) is 0 Å². The Morgan fingerprint density at radius 2 is 1.40 bits per heavy atom. The quantitative estimate of drug-likeness (QED) is 0.583. The van der Waals surface area contributed by atoms with Crippen molar-refractivity contribution in [3.05, 3.63) is 90.0 Å². The van der Waals surface area contributed by atoms with E-state index in [1.807, 2.05) is 60.7 Å². The van der Waals surface area contributed by atoms with Gasteiger partial charge in [0, 0.05) is 17.4 Å². The molecule has 0 amide bonds. The van der Waals surface area contributed by atoms with E-state index in [4.69, 9.17) is 0 Å². The van der Waals surface area contributed by atoms with Crippen molar-refractivity contribution in [2.75, 3.05) is 0 Å². The van der Waals surface area contributed by atoms with E-state index < -0.39 is 0 Å². The summed E-state index contributed by atoms with van der Waals surface area (Å²) < 4.78 is 15.6. The highest BCUT2D eigenvalue weighted by molar-refractivity contribution is 5.45. The zero-order valence-electron chi connectivity index (χ0n) is 10.8. The van der Waals surface area contributed by atoms with Crippen LogP contribution in [0.2, 0.25) is 0 Å². The molecule has 1 nitrogen and oxygen atoms in total. The van der Waals surface area contributed by atoms with Gasteiger partial charge in [-0.05, 0) is 36.3 Å². The Morgan fingerprint density at radius 3 is 2.10 bits per heavy atom. The third kappa shape index (κ3) is 2.48. The van der Waals surface area contributed by atoms with Gasteiger partial charge in [-0.3, -0.25) is 0 Å². The molecule has 2 aromatic carbocycles. The van der Waals surface area contributed by atoms with Gasteiger partial charge in [0.1, 0.15) is 5.69 Å². The van der Waals surface area contributed by atoms with Crippen LogP contribution in [0.4, 0.5) is 4.39 Å². The molecule has 2 heteroatoms. The normalized spacial score (nSPS) is 9.85. The lowest BCUT2D eigenvalue weighted by atomic mass is 10.2. The first-order chi connectivity index (χ1) is 9.84. The first-order valence-corrected chi connectivity index (χ1v) is 6.34. The molecular formula is C18H12FN. The lowest BCUT2D eigenvalue weighted by molar-refractivity contribution is 0.623. The summed E-state index contributed by atoms with van der Waals surface area (Å²) in [4.78, 5) is 0. The zero-order chi connectivity index (χ0) is 13.8. The maximum Gasteiger partial charge on any atom is 0.157 e. The average molecular weight is 261 g/mol. The number of hydrogen-bond donors (Lipinski definition) is 0. The summed E-state index contributed by atoms with van der Waals surface area (Å²) >= 11 is 0. The molecule has 0 unspecified atom stereocenters. The molecule has 1 heterocycles. The van der Waals surface area contributed by atoms with Crippen LogP contribution in [0.5, 0.6) is 0 Å². The molecule has 0 bridgehead atoms. The minimum atomic E-state index is -0.308. The molecular weight excluding hydrogens is 249 g/mol. The van der Waals surface area contributed by atoms with Crippen LogP contribution in [0.3, 0.4) is 0 Å². The number of nitrogens with zero attached hydrogens (tertiary/aromatic N) is 1. The van der Waals surface area contributed by atoms with Gasteiger partial charge in [-0.1, -0.05) is 42.3 Å². The van der Waals surface area contributed by atoms with Crippen molar-refractivity contribution in [1.82, 2.24) is 4.57 Å². The van der Waals surface area contributed by atoms with Gasteiger partial charge in [-0.15, -0.1) is 0 Å². The van der Waals surface area contributed by atoms with Crippen LogP contribution >= 0.6 is 0 Å². The van der Waals surface area contributed by atoms with Gasteiger partial charge in [0.15, 0.2) is 5.82 Å². The predicted molar refractivity (Wildman–Crippen MR) is 78.1 cm³/mol. The van der Waals surface area contributed by atoms with Crippen LogP contribution < -0.4 is 0 Å².